The molecule has 0 unspecified atom stereocenters. The molecule has 8 heteroatoms. The number of hydrogen-bond donors (Lipinski definition) is 0. The van der Waals surface area contributed by atoms with E-state index in [1.807, 2.05) is 25.1 Å². The fourth-order valence-corrected chi connectivity index (χ4v) is 4.07. The zero-order valence-corrected chi connectivity index (χ0v) is 18.5. The fraction of sp³-hybridized carbons (Fsp3) is 0.320. The minimum Gasteiger partial charge on any atom is -0.497 e. The monoisotopic (exact) mass is 449 g/mol. The summed E-state index contributed by atoms with van der Waals surface area (Å²) in [5.74, 6) is -0.903. The summed E-state index contributed by atoms with van der Waals surface area (Å²) < 4.78 is 26.2. The van der Waals surface area contributed by atoms with Crippen LogP contribution in [0.1, 0.15) is 41.4 Å². The van der Waals surface area contributed by atoms with E-state index in [1.54, 1.807) is 13.2 Å². The van der Waals surface area contributed by atoms with Crippen molar-refractivity contribution < 1.29 is 23.5 Å². The Morgan fingerprint density at radius 3 is 2.58 bits per heavy atom. The van der Waals surface area contributed by atoms with E-state index in [-0.39, 0.29) is 13.0 Å². The normalized spacial score (nSPS) is 12.9. The lowest BCUT2D eigenvalue weighted by Crippen LogP contribution is -2.35. The third-order valence-corrected chi connectivity index (χ3v) is 5.79. The predicted molar refractivity (Wildman–Crippen MR) is 121 cm³/mol. The fourth-order valence-electron chi connectivity index (χ4n) is 4.07. The number of carbonyl (C=O) groups is 2. The molecule has 0 atom stereocenters. The van der Waals surface area contributed by atoms with E-state index >= 15 is 0 Å². The van der Waals surface area contributed by atoms with Gasteiger partial charge in [-0.05, 0) is 62.2 Å². The highest BCUT2D eigenvalue weighted by atomic mass is 19.1. The van der Waals surface area contributed by atoms with Crippen molar-refractivity contribution in [3.8, 4) is 11.8 Å². The number of nitrogens with zero attached hydrogens (tertiary/aromatic N) is 3. The van der Waals surface area contributed by atoms with Crippen LogP contribution in [0.4, 0.5) is 10.1 Å². The first kappa shape index (κ1) is 22.3. The first-order valence-corrected chi connectivity index (χ1v) is 10.7. The summed E-state index contributed by atoms with van der Waals surface area (Å²) in [6.45, 7) is 1.48. The smallest absolute Gasteiger partial charge is 0.341 e. The molecule has 0 radical (unpaired) electrons. The maximum atomic E-state index is 13.3. The van der Waals surface area contributed by atoms with E-state index in [0.717, 1.165) is 29.4 Å². The number of carbonyl (C=O) groups excluding carboxylic acids is 2. The van der Waals surface area contributed by atoms with Crippen molar-refractivity contribution in [3.05, 3.63) is 59.5 Å². The van der Waals surface area contributed by atoms with E-state index < -0.39 is 24.3 Å². The first-order chi connectivity index (χ1) is 15.9. The second-order valence-corrected chi connectivity index (χ2v) is 7.95. The van der Waals surface area contributed by atoms with E-state index in [9.17, 15) is 14.0 Å². The topological polar surface area (TPSA) is 84.6 Å². The van der Waals surface area contributed by atoms with Crippen LogP contribution in [-0.2, 0) is 9.53 Å². The molecule has 0 N–H and O–H groups in total. The molecule has 1 fully saturated rings. The van der Waals surface area contributed by atoms with Gasteiger partial charge in [0.2, 0.25) is 0 Å². The summed E-state index contributed by atoms with van der Waals surface area (Å²) in [6, 6.07) is 13.3. The van der Waals surface area contributed by atoms with E-state index in [0.29, 0.717) is 23.0 Å². The van der Waals surface area contributed by atoms with Gasteiger partial charge in [0, 0.05) is 34.9 Å². The van der Waals surface area contributed by atoms with Crippen molar-refractivity contribution in [2.75, 3.05) is 25.2 Å². The van der Waals surface area contributed by atoms with Gasteiger partial charge >= 0.3 is 5.97 Å². The lowest BCUT2D eigenvalue weighted by Gasteiger charge is -2.21. The number of methoxy groups -OCH3 is 1. The summed E-state index contributed by atoms with van der Waals surface area (Å²) in [5, 5.41) is 9.65. The molecular formula is C25H24FN3O4. The minimum atomic E-state index is -0.599. The molecule has 0 bridgehead atoms. The van der Waals surface area contributed by atoms with Crippen molar-refractivity contribution in [2.45, 2.75) is 32.2 Å². The third-order valence-electron chi connectivity index (χ3n) is 5.79. The van der Waals surface area contributed by atoms with Crippen LogP contribution in [0, 0.1) is 24.1 Å². The number of ether oxygens (including phenoxy) is 2. The summed E-state index contributed by atoms with van der Waals surface area (Å²) in [4.78, 5) is 27.3. The molecule has 0 aliphatic heterocycles. The summed E-state index contributed by atoms with van der Waals surface area (Å²) >= 11 is 0. The highest BCUT2D eigenvalue weighted by Gasteiger charge is 2.31. The number of halogens is 1. The van der Waals surface area contributed by atoms with E-state index in [4.69, 9.17) is 14.7 Å². The second-order valence-electron chi connectivity index (χ2n) is 7.95. The molecule has 1 aromatic heterocycles. The van der Waals surface area contributed by atoms with Crippen LogP contribution >= 0.6 is 0 Å². The zero-order chi connectivity index (χ0) is 23.5. The van der Waals surface area contributed by atoms with E-state index in [1.165, 1.54) is 29.2 Å². The van der Waals surface area contributed by atoms with Crippen LogP contribution in [-0.4, -0.2) is 36.7 Å². The van der Waals surface area contributed by atoms with Crippen LogP contribution < -0.4 is 9.64 Å². The van der Waals surface area contributed by atoms with Crippen LogP contribution in [0.2, 0.25) is 0 Å². The Bertz CT molecular complexity index is 1240. The van der Waals surface area contributed by atoms with Crippen LogP contribution in [0.15, 0.2) is 42.5 Å². The van der Waals surface area contributed by atoms with E-state index in [2.05, 4.69) is 4.57 Å². The third kappa shape index (κ3) is 4.53. The molecule has 7 nitrogen and oxygen atoms in total. The number of esters is 1. The lowest BCUT2D eigenvalue weighted by molar-refractivity contribution is -0.121. The number of benzene rings is 2. The Kier molecular flexibility index (Phi) is 6.31. The summed E-state index contributed by atoms with van der Waals surface area (Å²) in [6.07, 6.45) is 2.19. The average molecular weight is 449 g/mol. The second kappa shape index (κ2) is 9.33. The van der Waals surface area contributed by atoms with Gasteiger partial charge in [-0.1, -0.05) is 0 Å². The largest absolute Gasteiger partial charge is 0.497 e. The summed E-state index contributed by atoms with van der Waals surface area (Å²) in [7, 11) is 1.56. The molecule has 1 heterocycles. The van der Waals surface area contributed by atoms with Gasteiger partial charge in [-0.2, -0.15) is 5.26 Å². The standard InChI is InChI=1S/C25H24FN3O4/c1-16-24(21-14-20(32-2)10-11-22(21)29(16)19-8-9-19)25(31)33-15-23(30)28(13-3-12-27)18-6-4-17(26)5-7-18/h4-7,10-11,14,19H,3,8-9,13,15H2,1-2H3. The zero-order valence-electron chi connectivity index (χ0n) is 18.5. The molecule has 3 aromatic rings. The molecule has 1 aliphatic rings. The minimum absolute atomic E-state index is 0.0881. The highest BCUT2D eigenvalue weighted by Crippen LogP contribution is 2.42. The Hall–Kier alpha value is -3.86. The van der Waals surface area contributed by atoms with Crippen LogP contribution in [0.5, 0.6) is 5.75 Å². The highest BCUT2D eigenvalue weighted by molar-refractivity contribution is 6.07. The Balaban J connectivity index is 1.57. The van der Waals surface area contributed by atoms with Gasteiger partial charge in [-0.3, -0.25) is 4.79 Å². The average Bonchev–Trinajstić information content (AvgIpc) is 3.61. The van der Waals surface area contributed by atoms with Crippen molar-refractivity contribution in [1.82, 2.24) is 4.57 Å². The van der Waals surface area contributed by atoms with Crippen molar-refractivity contribution >= 4 is 28.5 Å². The number of amides is 1. The van der Waals surface area contributed by atoms with Gasteiger partial charge in [-0.25, -0.2) is 9.18 Å². The van der Waals surface area contributed by atoms with Crippen LogP contribution in [0.25, 0.3) is 10.9 Å². The molecule has 0 saturated heterocycles. The van der Waals surface area contributed by atoms with Crippen LogP contribution in [0.3, 0.4) is 0 Å². The summed E-state index contributed by atoms with van der Waals surface area (Å²) in [5.41, 5.74) is 2.56. The number of fused-ring (bicyclic) bond motifs is 1. The molecule has 33 heavy (non-hydrogen) atoms. The van der Waals surface area contributed by atoms with Gasteiger partial charge in [0.15, 0.2) is 6.61 Å². The van der Waals surface area contributed by atoms with Gasteiger partial charge in [0.1, 0.15) is 11.6 Å². The van der Waals surface area contributed by atoms with Gasteiger partial charge in [-0.15, -0.1) is 0 Å². The predicted octanol–water partition coefficient (Wildman–Crippen LogP) is 4.54. The lowest BCUT2D eigenvalue weighted by atomic mass is 10.1. The molecule has 0 spiro atoms. The number of nitriles is 1. The first-order valence-electron chi connectivity index (χ1n) is 10.7. The molecule has 1 saturated carbocycles. The molecule has 2 aromatic carbocycles. The van der Waals surface area contributed by atoms with Crippen molar-refractivity contribution in [3.63, 3.8) is 0 Å². The number of aromatic nitrogens is 1. The van der Waals surface area contributed by atoms with Gasteiger partial charge in [0.05, 0.1) is 25.2 Å². The van der Waals surface area contributed by atoms with Crippen molar-refractivity contribution in [1.29, 1.82) is 5.26 Å². The number of anilines is 1. The molecule has 4 rings (SSSR count). The molecular weight excluding hydrogens is 425 g/mol. The maximum absolute atomic E-state index is 13.3. The van der Waals surface area contributed by atoms with Gasteiger partial charge in [0.25, 0.3) is 5.91 Å². The number of rotatable bonds is 8. The maximum Gasteiger partial charge on any atom is 0.341 e. The quantitative estimate of drug-likeness (QED) is 0.472. The number of hydrogen-bond acceptors (Lipinski definition) is 5. The molecule has 1 amide bonds. The van der Waals surface area contributed by atoms with Crippen molar-refractivity contribution in [2.24, 2.45) is 0 Å². The molecule has 1 aliphatic carbocycles. The molecule has 170 valence electrons. The van der Waals surface area contributed by atoms with Gasteiger partial charge < -0.3 is 18.9 Å². The Labute approximate surface area is 190 Å². The SMILES string of the molecule is COc1ccc2c(c1)c(C(=O)OCC(=O)N(CCC#N)c1ccc(F)cc1)c(C)n2C1CC1. The Morgan fingerprint density at radius 2 is 1.94 bits per heavy atom. The Morgan fingerprint density at radius 1 is 1.21 bits per heavy atom.